The van der Waals surface area contributed by atoms with E-state index < -0.39 is 32.3 Å². The maximum Gasteiger partial charge on any atom is 0.366 e. The van der Waals surface area contributed by atoms with E-state index in [1.165, 1.54) is 0 Å². The molecule has 0 aliphatic rings. The Labute approximate surface area is 101 Å². The van der Waals surface area contributed by atoms with Gasteiger partial charge in [-0.15, -0.1) is 0 Å². The van der Waals surface area contributed by atoms with Crippen LogP contribution in [0.1, 0.15) is 0 Å². The smallest absolute Gasteiger partial charge is 0.366 e. The summed E-state index contributed by atoms with van der Waals surface area (Å²) in [4.78, 5) is 31.9. The van der Waals surface area contributed by atoms with Crippen molar-refractivity contribution in [3.05, 3.63) is 16.7 Å². The van der Waals surface area contributed by atoms with Gasteiger partial charge in [-0.05, 0) is 0 Å². The van der Waals surface area contributed by atoms with Crippen LogP contribution in [-0.2, 0) is 15.8 Å². The molecular formula is C7H13N4O6P. The van der Waals surface area contributed by atoms with Gasteiger partial charge in [0.25, 0.3) is 0 Å². The molecule has 11 heteroatoms. The average molecular weight is 280 g/mol. The monoisotopic (exact) mass is 280 g/mol. The molecule has 0 saturated carbocycles. The molecule has 0 amide bonds. The number of hydrogen-bond acceptors (Lipinski definition) is 7. The van der Waals surface area contributed by atoms with Gasteiger partial charge in [0.1, 0.15) is 18.3 Å². The molecule has 102 valence electrons. The van der Waals surface area contributed by atoms with Gasteiger partial charge in [0.05, 0.1) is 19.3 Å². The Hall–Kier alpha value is -1.32. The Morgan fingerprint density at radius 1 is 1.56 bits per heavy atom. The number of aliphatic hydroxyl groups is 1. The van der Waals surface area contributed by atoms with Gasteiger partial charge < -0.3 is 25.4 Å². The number of anilines is 1. The van der Waals surface area contributed by atoms with Gasteiger partial charge in [-0.1, -0.05) is 0 Å². The van der Waals surface area contributed by atoms with E-state index in [0.29, 0.717) is 0 Å². The SMILES string of the molecule is Nc1cnn(C[C@@H](CO)OCP(=O)(O)O)c(=O)n1. The second-order valence-corrected chi connectivity index (χ2v) is 5.00. The van der Waals surface area contributed by atoms with E-state index in [1.54, 1.807) is 0 Å². The predicted molar refractivity (Wildman–Crippen MR) is 59.6 cm³/mol. The lowest BCUT2D eigenvalue weighted by Crippen LogP contribution is -2.34. The number of aliphatic hydroxyl groups excluding tert-OH is 1. The van der Waals surface area contributed by atoms with Crippen molar-refractivity contribution < 1.29 is 24.2 Å². The summed E-state index contributed by atoms with van der Waals surface area (Å²) in [6.45, 7) is -0.721. The predicted octanol–water partition coefficient (Wildman–Crippen LogP) is -2.27. The Morgan fingerprint density at radius 2 is 2.22 bits per heavy atom. The second kappa shape index (κ2) is 6.03. The van der Waals surface area contributed by atoms with Gasteiger partial charge in [0, 0.05) is 0 Å². The molecule has 0 bridgehead atoms. The molecule has 0 spiro atoms. The number of nitrogens with zero attached hydrogens (tertiary/aromatic N) is 3. The molecule has 10 nitrogen and oxygen atoms in total. The van der Waals surface area contributed by atoms with Crippen LogP contribution in [0.2, 0.25) is 0 Å². The van der Waals surface area contributed by atoms with Crippen LogP contribution in [0.15, 0.2) is 11.0 Å². The zero-order valence-corrected chi connectivity index (χ0v) is 10.1. The van der Waals surface area contributed by atoms with E-state index in [9.17, 15) is 9.36 Å². The molecule has 0 aromatic carbocycles. The Morgan fingerprint density at radius 3 is 2.72 bits per heavy atom. The summed E-state index contributed by atoms with van der Waals surface area (Å²) in [6.07, 6.45) is -0.693. The van der Waals surface area contributed by atoms with Crippen LogP contribution in [0.3, 0.4) is 0 Å². The molecule has 0 unspecified atom stereocenters. The summed E-state index contributed by atoms with van der Waals surface area (Å²) in [5.74, 6) is -0.0482. The first-order valence-electron chi connectivity index (χ1n) is 4.78. The molecular weight excluding hydrogens is 267 g/mol. The van der Waals surface area contributed by atoms with E-state index in [0.717, 1.165) is 10.9 Å². The minimum atomic E-state index is -4.33. The zero-order chi connectivity index (χ0) is 13.8. The fraction of sp³-hybridized carbons (Fsp3) is 0.571. The Balaban J connectivity index is 2.68. The lowest BCUT2D eigenvalue weighted by Gasteiger charge is -2.16. The lowest BCUT2D eigenvalue weighted by atomic mass is 10.4. The maximum absolute atomic E-state index is 11.3. The Kier molecular flexibility index (Phi) is 4.93. The normalized spacial score (nSPS) is 13.5. The van der Waals surface area contributed by atoms with E-state index >= 15 is 0 Å². The van der Waals surface area contributed by atoms with E-state index in [1.807, 2.05) is 0 Å². The number of nitrogens with two attached hydrogens (primary N) is 1. The molecule has 1 rings (SSSR count). The molecule has 1 heterocycles. The summed E-state index contributed by atoms with van der Waals surface area (Å²) in [5.41, 5.74) is 4.49. The maximum atomic E-state index is 11.3. The first-order chi connectivity index (χ1) is 8.31. The highest BCUT2D eigenvalue weighted by molar-refractivity contribution is 7.51. The van der Waals surface area contributed by atoms with Crippen molar-refractivity contribution in [1.82, 2.24) is 14.8 Å². The van der Waals surface area contributed by atoms with Crippen LogP contribution >= 0.6 is 7.60 Å². The van der Waals surface area contributed by atoms with Gasteiger partial charge >= 0.3 is 13.3 Å². The van der Waals surface area contributed by atoms with Crippen molar-refractivity contribution in [2.45, 2.75) is 12.6 Å². The molecule has 5 N–H and O–H groups in total. The summed E-state index contributed by atoms with van der Waals surface area (Å²) in [5, 5.41) is 12.6. The lowest BCUT2D eigenvalue weighted by molar-refractivity contribution is 0.0164. The van der Waals surface area contributed by atoms with Crippen LogP contribution in [0.25, 0.3) is 0 Å². The van der Waals surface area contributed by atoms with Crippen LogP contribution in [0.5, 0.6) is 0 Å². The highest BCUT2D eigenvalue weighted by Crippen LogP contribution is 2.34. The van der Waals surface area contributed by atoms with Crippen LogP contribution in [0.4, 0.5) is 5.82 Å². The van der Waals surface area contributed by atoms with Crippen LogP contribution in [-0.4, -0.2) is 48.7 Å². The van der Waals surface area contributed by atoms with Crippen molar-refractivity contribution in [2.24, 2.45) is 0 Å². The zero-order valence-electron chi connectivity index (χ0n) is 9.21. The molecule has 1 atom stereocenters. The van der Waals surface area contributed by atoms with E-state index in [-0.39, 0.29) is 12.4 Å². The Bertz CT molecular complexity index is 499. The third-order valence-corrected chi connectivity index (χ3v) is 2.32. The molecule has 0 radical (unpaired) electrons. The topological polar surface area (TPSA) is 161 Å². The summed E-state index contributed by atoms with van der Waals surface area (Å²) >= 11 is 0. The molecule has 0 fully saturated rings. The van der Waals surface area contributed by atoms with E-state index in [4.69, 9.17) is 25.4 Å². The largest absolute Gasteiger partial charge is 0.394 e. The van der Waals surface area contributed by atoms with Crippen molar-refractivity contribution >= 4 is 13.4 Å². The van der Waals surface area contributed by atoms with Gasteiger partial charge in [-0.25, -0.2) is 9.48 Å². The van der Waals surface area contributed by atoms with Crippen molar-refractivity contribution in [1.29, 1.82) is 0 Å². The number of hydrogen-bond donors (Lipinski definition) is 4. The number of ether oxygens (including phenoxy) is 1. The van der Waals surface area contributed by atoms with Gasteiger partial charge in [0.15, 0.2) is 0 Å². The fourth-order valence-electron chi connectivity index (χ4n) is 1.06. The summed E-state index contributed by atoms with van der Waals surface area (Å²) < 4.78 is 16.2. The van der Waals surface area contributed by atoms with Crippen LogP contribution < -0.4 is 11.4 Å². The molecule has 0 aliphatic carbocycles. The molecule has 1 aromatic rings. The molecule has 1 aromatic heterocycles. The van der Waals surface area contributed by atoms with Gasteiger partial charge in [-0.3, -0.25) is 4.57 Å². The summed E-state index contributed by atoms with van der Waals surface area (Å²) in [6, 6.07) is 0. The third kappa shape index (κ3) is 4.90. The molecule has 0 aliphatic heterocycles. The highest BCUT2D eigenvalue weighted by atomic mass is 31.2. The average Bonchev–Trinajstić information content (AvgIpc) is 2.25. The minimum absolute atomic E-state index is 0.0482. The van der Waals surface area contributed by atoms with Crippen molar-refractivity contribution in [2.75, 3.05) is 18.7 Å². The minimum Gasteiger partial charge on any atom is -0.394 e. The van der Waals surface area contributed by atoms with Crippen molar-refractivity contribution in [3.63, 3.8) is 0 Å². The first kappa shape index (κ1) is 14.7. The van der Waals surface area contributed by atoms with Gasteiger partial charge in [0.2, 0.25) is 0 Å². The van der Waals surface area contributed by atoms with Crippen LogP contribution in [0, 0.1) is 0 Å². The van der Waals surface area contributed by atoms with E-state index in [2.05, 4.69) is 10.1 Å². The standard InChI is InChI=1S/C7H13N4O6P/c8-6-1-9-11(7(13)10-6)2-5(3-12)17-4-18(14,15)16/h1,5,12H,2-4H2,(H2,8,10,13)(H2,14,15,16)/t5-/m0/s1. The quantitative estimate of drug-likeness (QED) is 0.421. The first-order valence-corrected chi connectivity index (χ1v) is 6.58. The van der Waals surface area contributed by atoms with Gasteiger partial charge in [-0.2, -0.15) is 10.1 Å². The number of rotatable bonds is 6. The highest BCUT2D eigenvalue weighted by Gasteiger charge is 2.18. The fourth-order valence-corrected chi connectivity index (χ4v) is 1.46. The summed E-state index contributed by atoms with van der Waals surface area (Å²) in [7, 11) is -4.33. The second-order valence-electron chi connectivity index (χ2n) is 3.41. The number of nitrogen functional groups attached to an aromatic ring is 1. The third-order valence-electron chi connectivity index (χ3n) is 1.83. The van der Waals surface area contributed by atoms with Crippen molar-refractivity contribution in [3.8, 4) is 0 Å². The molecule has 0 saturated heterocycles. The molecule has 18 heavy (non-hydrogen) atoms. The number of aromatic nitrogens is 3.